The first-order chi connectivity index (χ1) is 16.9. The van der Waals surface area contributed by atoms with Crippen LogP contribution in [-0.4, -0.2) is 52.7 Å². The van der Waals surface area contributed by atoms with Crippen LogP contribution in [0.5, 0.6) is 0 Å². The minimum absolute atomic E-state index is 0.0587. The van der Waals surface area contributed by atoms with E-state index in [-0.39, 0.29) is 36.4 Å². The fourth-order valence-corrected chi connectivity index (χ4v) is 6.21. The van der Waals surface area contributed by atoms with Crippen molar-refractivity contribution >= 4 is 18.0 Å². The first kappa shape index (κ1) is 23.4. The van der Waals surface area contributed by atoms with Crippen LogP contribution in [0.3, 0.4) is 0 Å². The highest BCUT2D eigenvalue weighted by Crippen LogP contribution is 2.45. The SMILES string of the molecule is CCC(C)[C@H](NC(=O)OCC1c2ccccc2-c2ccccc21)C(=O)N1C2CCC1C(C(=O)O)C2. The molecule has 1 aliphatic carbocycles. The molecule has 2 aromatic carbocycles. The molecule has 3 aliphatic rings. The second-order valence-electron chi connectivity index (χ2n) is 10.1. The number of nitrogens with one attached hydrogen (secondary N) is 1. The van der Waals surface area contributed by atoms with Gasteiger partial charge in [-0.1, -0.05) is 68.8 Å². The van der Waals surface area contributed by atoms with Crippen molar-refractivity contribution in [1.82, 2.24) is 10.2 Å². The molecule has 7 nitrogen and oxygen atoms in total. The number of fused-ring (bicyclic) bond motifs is 5. The largest absolute Gasteiger partial charge is 0.481 e. The summed E-state index contributed by atoms with van der Waals surface area (Å²) in [5.41, 5.74) is 4.57. The molecule has 5 rings (SSSR count). The summed E-state index contributed by atoms with van der Waals surface area (Å²) in [7, 11) is 0. The molecular formula is C28H32N2O5. The van der Waals surface area contributed by atoms with E-state index >= 15 is 0 Å². The van der Waals surface area contributed by atoms with Gasteiger partial charge in [0.15, 0.2) is 0 Å². The summed E-state index contributed by atoms with van der Waals surface area (Å²) in [5, 5.41) is 12.4. The number of alkyl carbamates (subject to hydrolysis) is 1. The lowest BCUT2D eigenvalue weighted by molar-refractivity contribution is -0.143. The minimum atomic E-state index is -0.848. The van der Waals surface area contributed by atoms with E-state index in [1.165, 1.54) is 0 Å². The van der Waals surface area contributed by atoms with Crippen LogP contribution >= 0.6 is 0 Å². The standard InChI is InChI=1S/C28H32N2O5/c1-3-16(2)25(26(31)30-17-12-13-24(30)22(14-17)27(32)33)29-28(34)35-15-23-20-10-6-4-8-18(20)19-9-5-7-11-21(19)23/h4-11,16-17,22-25H,3,12-15H2,1-2H3,(H,29,34)(H,32,33)/t16?,17?,22?,24?,25-/m0/s1. The molecule has 2 aromatic rings. The number of carboxylic acids is 1. The molecule has 4 unspecified atom stereocenters. The molecule has 0 aromatic heterocycles. The molecule has 0 spiro atoms. The van der Waals surface area contributed by atoms with Crippen LogP contribution in [-0.2, 0) is 14.3 Å². The molecule has 0 radical (unpaired) electrons. The van der Waals surface area contributed by atoms with Gasteiger partial charge in [0, 0.05) is 18.0 Å². The quantitative estimate of drug-likeness (QED) is 0.617. The van der Waals surface area contributed by atoms with Gasteiger partial charge in [-0.2, -0.15) is 0 Å². The maximum Gasteiger partial charge on any atom is 0.407 e. The molecule has 35 heavy (non-hydrogen) atoms. The molecule has 184 valence electrons. The number of rotatable bonds is 7. The highest BCUT2D eigenvalue weighted by Gasteiger charge is 2.52. The van der Waals surface area contributed by atoms with Crippen molar-refractivity contribution in [2.24, 2.45) is 11.8 Å². The third-order valence-corrected chi connectivity index (χ3v) is 8.20. The maximum atomic E-state index is 13.6. The summed E-state index contributed by atoms with van der Waals surface area (Å²) in [6, 6.07) is 15.2. The number of ether oxygens (including phenoxy) is 1. The molecule has 0 saturated carbocycles. The van der Waals surface area contributed by atoms with Gasteiger partial charge >= 0.3 is 12.1 Å². The summed E-state index contributed by atoms with van der Waals surface area (Å²) < 4.78 is 5.69. The Kier molecular flexibility index (Phi) is 6.26. The number of hydrogen-bond donors (Lipinski definition) is 2. The van der Waals surface area contributed by atoms with E-state index in [1.807, 2.05) is 38.1 Å². The number of benzene rings is 2. The molecule has 2 saturated heterocycles. The molecular weight excluding hydrogens is 444 g/mol. The van der Waals surface area contributed by atoms with E-state index in [0.29, 0.717) is 19.3 Å². The van der Waals surface area contributed by atoms with E-state index in [4.69, 9.17) is 4.74 Å². The third-order valence-electron chi connectivity index (χ3n) is 8.20. The zero-order valence-corrected chi connectivity index (χ0v) is 20.1. The Morgan fingerprint density at radius 2 is 1.69 bits per heavy atom. The summed E-state index contributed by atoms with van der Waals surface area (Å²) in [6.07, 6.45) is 2.09. The topological polar surface area (TPSA) is 95.9 Å². The van der Waals surface area contributed by atoms with E-state index < -0.39 is 24.0 Å². The number of carbonyl (C=O) groups is 3. The van der Waals surface area contributed by atoms with Crippen LogP contribution in [0.25, 0.3) is 11.1 Å². The smallest absolute Gasteiger partial charge is 0.407 e. The number of hydrogen-bond acceptors (Lipinski definition) is 4. The van der Waals surface area contributed by atoms with Crippen molar-refractivity contribution in [2.75, 3.05) is 6.61 Å². The van der Waals surface area contributed by atoms with Crippen LogP contribution in [0.15, 0.2) is 48.5 Å². The Labute approximate surface area is 205 Å². The van der Waals surface area contributed by atoms with Gasteiger partial charge in [0.05, 0.1) is 5.92 Å². The Morgan fingerprint density at radius 1 is 1.06 bits per heavy atom. The van der Waals surface area contributed by atoms with Crippen LogP contribution in [0, 0.1) is 11.8 Å². The van der Waals surface area contributed by atoms with E-state index in [2.05, 4.69) is 29.6 Å². The van der Waals surface area contributed by atoms with Crippen molar-refractivity contribution in [3.05, 3.63) is 59.7 Å². The number of nitrogens with zero attached hydrogens (tertiary/aromatic N) is 1. The minimum Gasteiger partial charge on any atom is -0.481 e. The average molecular weight is 477 g/mol. The molecule has 2 aliphatic heterocycles. The van der Waals surface area contributed by atoms with Gasteiger partial charge < -0.3 is 20.1 Å². The first-order valence-electron chi connectivity index (χ1n) is 12.6. The van der Waals surface area contributed by atoms with Gasteiger partial charge in [-0.3, -0.25) is 9.59 Å². The average Bonchev–Trinajstić information content (AvgIpc) is 3.55. The fraction of sp³-hybridized carbons (Fsp3) is 0.464. The van der Waals surface area contributed by atoms with E-state index in [9.17, 15) is 19.5 Å². The van der Waals surface area contributed by atoms with Crippen LogP contribution in [0.1, 0.15) is 56.6 Å². The first-order valence-corrected chi connectivity index (χ1v) is 12.6. The number of amides is 2. The molecule has 5 atom stereocenters. The van der Waals surface area contributed by atoms with Crippen LogP contribution in [0.2, 0.25) is 0 Å². The Bertz CT molecular complexity index is 1100. The second kappa shape index (κ2) is 9.36. The summed E-state index contributed by atoms with van der Waals surface area (Å²) in [5.74, 6) is -1.73. The Morgan fingerprint density at radius 3 is 2.26 bits per heavy atom. The Balaban J connectivity index is 1.28. The zero-order valence-electron chi connectivity index (χ0n) is 20.1. The fourth-order valence-electron chi connectivity index (χ4n) is 6.21. The van der Waals surface area contributed by atoms with Crippen LogP contribution in [0.4, 0.5) is 4.79 Å². The van der Waals surface area contributed by atoms with Gasteiger partial charge in [-0.05, 0) is 47.4 Å². The molecule has 2 bridgehead atoms. The lowest BCUT2D eigenvalue weighted by Crippen LogP contribution is -2.53. The van der Waals surface area contributed by atoms with Crippen molar-refractivity contribution in [3.63, 3.8) is 0 Å². The van der Waals surface area contributed by atoms with E-state index in [0.717, 1.165) is 28.7 Å². The van der Waals surface area contributed by atoms with Crippen molar-refractivity contribution < 1.29 is 24.2 Å². The third kappa shape index (κ3) is 4.07. The van der Waals surface area contributed by atoms with Gasteiger partial charge in [0.25, 0.3) is 0 Å². The molecule has 2 N–H and O–H groups in total. The number of aliphatic carboxylic acids is 1. The lowest BCUT2D eigenvalue weighted by atomic mass is 9.89. The van der Waals surface area contributed by atoms with Crippen LogP contribution < -0.4 is 5.32 Å². The van der Waals surface area contributed by atoms with E-state index in [1.54, 1.807) is 4.90 Å². The van der Waals surface area contributed by atoms with Crippen molar-refractivity contribution in [1.29, 1.82) is 0 Å². The number of carboxylic acid groups (broad SMARTS) is 1. The summed E-state index contributed by atoms with van der Waals surface area (Å²) >= 11 is 0. The van der Waals surface area contributed by atoms with Gasteiger partial charge in [0.1, 0.15) is 12.6 Å². The van der Waals surface area contributed by atoms with Crippen molar-refractivity contribution in [2.45, 2.75) is 63.6 Å². The lowest BCUT2D eigenvalue weighted by Gasteiger charge is -2.31. The molecule has 2 amide bonds. The van der Waals surface area contributed by atoms with Gasteiger partial charge in [-0.25, -0.2) is 4.79 Å². The number of carbonyl (C=O) groups excluding carboxylic acids is 2. The molecule has 2 fully saturated rings. The summed E-state index contributed by atoms with van der Waals surface area (Å²) in [4.78, 5) is 39.9. The summed E-state index contributed by atoms with van der Waals surface area (Å²) in [6.45, 7) is 4.08. The van der Waals surface area contributed by atoms with Crippen molar-refractivity contribution in [3.8, 4) is 11.1 Å². The molecule has 2 heterocycles. The Hall–Kier alpha value is -3.35. The predicted molar refractivity (Wildman–Crippen MR) is 131 cm³/mol. The highest BCUT2D eigenvalue weighted by atomic mass is 16.5. The van der Waals surface area contributed by atoms with Gasteiger partial charge in [0.2, 0.25) is 5.91 Å². The predicted octanol–water partition coefficient (Wildman–Crippen LogP) is 4.40. The highest BCUT2D eigenvalue weighted by molar-refractivity contribution is 5.88. The normalized spacial score (nSPS) is 23.9. The van der Waals surface area contributed by atoms with Gasteiger partial charge in [-0.15, -0.1) is 0 Å². The monoisotopic (exact) mass is 476 g/mol. The molecule has 7 heteroatoms. The maximum absolute atomic E-state index is 13.6. The second-order valence-corrected chi connectivity index (χ2v) is 10.1. The zero-order chi connectivity index (χ0) is 24.7.